The second-order valence-corrected chi connectivity index (χ2v) is 4.54. The zero-order valence-corrected chi connectivity index (χ0v) is 11.1. The van der Waals surface area contributed by atoms with Gasteiger partial charge in [0, 0.05) is 31.4 Å². The van der Waals surface area contributed by atoms with Gasteiger partial charge in [-0.3, -0.25) is 9.69 Å². The van der Waals surface area contributed by atoms with Crippen molar-refractivity contribution in [3.63, 3.8) is 0 Å². The van der Waals surface area contributed by atoms with Gasteiger partial charge in [0.2, 0.25) is 5.91 Å². The van der Waals surface area contributed by atoms with Gasteiger partial charge >= 0.3 is 0 Å². The lowest BCUT2D eigenvalue weighted by atomic mass is 10.2. The van der Waals surface area contributed by atoms with E-state index in [4.69, 9.17) is 4.74 Å². The molecular formula is C13H18FN3O2. The standard InChI is InChI=1S/C13H18FN3O2/c1-17-6-5-15-8-11(17)13(18)16-9-3-4-12(19-2)10(14)7-9/h3-4,7,11,15H,5-6,8H2,1-2H3,(H,16,18). The van der Waals surface area contributed by atoms with Crippen LogP contribution in [0.3, 0.4) is 0 Å². The summed E-state index contributed by atoms with van der Waals surface area (Å²) in [5, 5.41) is 5.88. The zero-order chi connectivity index (χ0) is 13.8. The highest BCUT2D eigenvalue weighted by Crippen LogP contribution is 2.20. The molecule has 1 aromatic rings. The Labute approximate surface area is 111 Å². The van der Waals surface area contributed by atoms with Gasteiger partial charge in [-0.15, -0.1) is 0 Å². The highest BCUT2D eigenvalue weighted by atomic mass is 19.1. The molecule has 1 aromatic carbocycles. The Hall–Kier alpha value is -1.66. The third kappa shape index (κ3) is 3.21. The van der Waals surface area contributed by atoms with E-state index < -0.39 is 5.82 Å². The first-order valence-corrected chi connectivity index (χ1v) is 6.17. The smallest absolute Gasteiger partial charge is 0.243 e. The molecule has 104 valence electrons. The maximum absolute atomic E-state index is 13.5. The Morgan fingerprint density at radius 2 is 2.37 bits per heavy atom. The van der Waals surface area contributed by atoms with E-state index in [9.17, 15) is 9.18 Å². The Morgan fingerprint density at radius 3 is 3.00 bits per heavy atom. The SMILES string of the molecule is COc1ccc(NC(=O)C2CNCCN2C)cc1F. The van der Waals surface area contributed by atoms with Crippen LogP contribution in [-0.4, -0.2) is 50.6 Å². The van der Waals surface area contributed by atoms with E-state index in [2.05, 4.69) is 10.6 Å². The monoisotopic (exact) mass is 267 g/mol. The number of methoxy groups -OCH3 is 1. The summed E-state index contributed by atoms with van der Waals surface area (Å²) in [5.41, 5.74) is 0.433. The van der Waals surface area contributed by atoms with E-state index in [0.29, 0.717) is 12.2 Å². The molecule has 2 N–H and O–H groups in total. The molecule has 0 radical (unpaired) electrons. The van der Waals surface area contributed by atoms with E-state index in [-0.39, 0.29) is 17.7 Å². The lowest BCUT2D eigenvalue weighted by Crippen LogP contribution is -2.54. The van der Waals surface area contributed by atoms with Crippen LogP contribution in [0, 0.1) is 5.82 Å². The summed E-state index contributed by atoms with van der Waals surface area (Å²) < 4.78 is 18.4. The highest BCUT2D eigenvalue weighted by molar-refractivity contribution is 5.95. The normalized spacial score (nSPS) is 20.1. The van der Waals surface area contributed by atoms with Crippen LogP contribution >= 0.6 is 0 Å². The van der Waals surface area contributed by atoms with Crippen molar-refractivity contribution in [2.75, 3.05) is 39.1 Å². The van der Waals surface area contributed by atoms with Crippen molar-refractivity contribution in [2.24, 2.45) is 0 Å². The Kier molecular flexibility index (Phi) is 4.34. The van der Waals surface area contributed by atoms with Crippen molar-refractivity contribution < 1.29 is 13.9 Å². The van der Waals surface area contributed by atoms with Crippen molar-refractivity contribution in [2.45, 2.75) is 6.04 Å². The van der Waals surface area contributed by atoms with Crippen molar-refractivity contribution in [1.82, 2.24) is 10.2 Å². The molecule has 1 atom stereocenters. The number of rotatable bonds is 3. The fraction of sp³-hybridized carbons (Fsp3) is 0.462. The molecule has 1 fully saturated rings. The summed E-state index contributed by atoms with van der Waals surface area (Å²) >= 11 is 0. The molecule has 1 unspecified atom stereocenters. The molecular weight excluding hydrogens is 249 g/mol. The predicted octanol–water partition coefficient (Wildman–Crippen LogP) is 0.676. The lowest BCUT2D eigenvalue weighted by molar-refractivity contribution is -0.121. The number of anilines is 1. The molecule has 5 nitrogen and oxygen atoms in total. The van der Waals surface area contributed by atoms with Crippen LogP contribution in [0.25, 0.3) is 0 Å². The van der Waals surface area contributed by atoms with Gasteiger partial charge in [0.1, 0.15) is 6.04 Å². The number of carbonyl (C=O) groups excluding carboxylic acids is 1. The van der Waals surface area contributed by atoms with Crippen molar-refractivity contribution in [3.8, 4) is 5.75 Å². The second-order valence-electron chi connectivity index (χ2n) is 4.54. The fourth-order valence-corrected chi connectivity index (χ4v) is 2.07. The number of ether oxygens (including phenoxy) is 1. The molecule has 0 saturated carbocycles. The predicted molar refractivity (Wildman–Crippen MR) is 70.9 cm³/mol. The van der Waals surface area contributed by atoms with E-state index in [1.54, 1.807) is 6.07 Å². The topological polar surface area (TPSA) is 53.6 Å². The van der Waals surface area contributed by atoms with Gasteiger partial charge in [0.15, 0.2) is 11.6 Å². The summed E-state index contributed by atoms with van der Waals surface area (Å²) in [6.45, 7) is 2.29. The van der Waals surface area contributed by atoms with Gasteiger partial charge in [0.25, 0.3) is 0 Å². The molecule has 0 aromatic heterocycles. The summed E-state index contributed by atoms with van der Waals surface area (Å²) in [6.07, 6.45) is 0. The molecule has 1 amide bonds. The van der Waals surface area contributed by atoms with Gasteiger partial charge in [0.05, 0.1) is 7.11 Å². The quantitative estimate of drug-likeness (QED) is 0.845. The Balaban J connectivity index is 2.04. The Bertz CT molecular complexity index is 467. The molecule has 19 heavy (non-hydrogen) atoms. The van der Waals surface area contributed by atoms with Crippen LogP contribution in [0.1, 0.15) is 0 Å². The number of amides is 1. The van der Waals surface area contributed by atoms with Gasteiger partial charge in [-0.05, 0) is 19.2 Å². The van der Waals surface area contributed by atoms with Crippen LogP contribution in [-0.2, 0) is 4.79 Å². The highest BCUT2D eigenvalue weighted by Gasteiger charge is 2.25. The molecule has 1 heterocycles. The largest absolute Gasteiger partial charge is 0.494 e. The number of nitrogens with zero attached hydrogens (tertiary/aromatic N) is 1. The third-order valence-electron chi connectivity index (χ3n) is 3.23. The van der Waals surface area contributed by atoms with Crippen LogP contribution in [0.2, 0.25) is 0 Å². The van der Waals surface area contributed by atoms with Crippen molar-refractivity contribution in [3.05, 3.63) is 24.0 Å². The van der Waals surface area contributed by atoms with Crippen LogP contribution in [0.4, 0.5) is 10.1 Å². The molecule has 1 aliphatic rings. The number of likely N-dealkylation sites (N-methyl/N-ethyl adjacent to an activating group) is 1. The summed E-state index contributed by atoms with van der Waals surface area (Å²) in [6, 6.07) is 4.13. The average molecular weight is 267 g/mol. The number of nitrogens with one attached hydrogen (secondary N) is 2. The Morgan fingerprint density at radius 1 is 1.58 bits per heavy atom. The van der Waals surface area contributed by atoms with Gasteiger partial charge in [-0.2, -0.15) is 0 Å². The molecule has 6 heteroatoms. The lowest BCUT2D eigenvalue weighted by Gasteiger charge is -2.31. The maximum Gasteiger partial charge on any atom is 0.243 e. The first-order valence-electron chi connectivity index (χ1n) is 6.17. The number of carbonyl (C=O) groups is 1. The van der Waals surface area contributed by atoms with Crippen molar-refractivity contribution >= 4 is 11.6 Å². The first kappa shape index (κ1) is 13.8. The van der Waals surface area contributed by atoms with Gasteiger partial charge < -0.3 is 15.4 Å². The fourth-order valence-electron chi connectivity index (χ4n) is 2.07. The molecule has 1 saturated heterocycles. The van der Waals surface area contributed by atoms with E-state index in [1.807, 2.05) is 11.9 Å². The maximum atomic E-state index is 13.5. The third-order valence-corrected chi connectivity index (χ3v) is 3.23. The molecule has 0 spiro atoms. The minimum Gasteiger partial charge on any atom is -0.494 e. The number of benzene rings is 1. The van der Waals surface area contributed by atoms with Crippen LogP contribution in [0.15, 0.2) is 18.2 Å². The summed E-state index contributed by atoms with van der Waals surface area (Å²) in [5.74, 6) is -0.468. The van der Waals surface area contributed by atoms with E-state index >= 15 is 0 Å². The van der Waals surface area contributed by atoms with Gasteiger partial charge in [-0.25, -0.2) is 4.39 Å². The molecule has 2 rings (SSSR count). The van der Waals surface area contributed by atoms with Crippen LogP contribution < -0.4 is 15.4 Å². The molecule has 0 bridgehead atoms. The second kappa shape index (κ2) is 5.99. The number of hydrogen-bond acceptors (Lipinski definition) is 4. The molecule has 0 aliphatic carbocycles. The summed E-state index contributed by atoms with van der Waals surface area (Å²) in [4.78, 5) is 14.1. The minimum absolute atomic E-state index is 0.140. The van der Waals surface area contributed by atoms with Gasteiger partial charge in [-0.1, -0.05) is 0 Å². The zero-order valence-electron chi connectivity index (χ0n) is 11.1. The van der Waals surface area contributed by atoms with Crippen molar-refractivity contribution in [1.29, 1.82) is 0 Å². The number of halogens is 1. The van der Waals surface area contributed by atoms with Crippen LogP contribution in [0.5, 0.6) is 5.75 Å². The minimum atomic E-state index is -0.490. The average Bonchev–Trinajstić information content (AvgIpc) is 2.39. The summed E-state index contributed by atoms with van der Waals surface area (Å²) in [7, 11) is 3.30. The first-order chi connectivity index (χ1) is 9.11. The van der Waals surface area contributed by atoms with E-state index in [1.165, 1.54) is 19.2 Å². The van der Waals surface area contributed by atoms with E-state index in [0.717, 1.165) is 13.1 Å². The molecule has 1 aliphatic heterocycles. The number of piperazine rings is 1. The number of hydrogen-bond donors (Lipinski definition) is 2.